The summed E-state index contributed by atoms with van der Waals surface area (Å²) in [4.78, 5) is 7.10. The van der Waals surface area contributed by atoms with Crippen molar-refractivity contribution in [1.29, 1.82) is 0 Å². The summed E-state index contributed by atoms with van der Waals surface area (Å²) in [5.74, 6) is 2.82. The highest BCUT2D eigenvalue weighted by Gasteiger charge is 2.20. The fraction of sp³-hybridized carbons (Fsp3) is 0.200. The molecule has 21 heavy (non-hydrogen) atoms. The van der Waals surface area contributed by atoms with Crippen molar-refractivity contribution in [3.05, 3.63) is 40.9 Å². The number of H-pyrrole nitrogens is 1. The molecule has 3 aromatic heterocycles. The van der Waals surface area contributed by atoms with E-state index in [9.17, 15) is 0 Å². The van der Waals surface area contributed by atoms with Gasteiger partial charge in [0.1, 0.15) is 0 Å². The van der Waals surface area contributed by atoms with Crippen molar-refractivity contribution in [2.45, 2.75) is 12.2 Å². The van der Waals surface area contributed by atoms with Gasteiger partial charge in [0.25, 0.3) is 0 Å². The van der Waals surface area contributed by atoms with Gasteiger partial charge in [0.05, 0.1) is 21.8 Å². The van der Waals surface area contributed by atoms with Gasteiger partial charge in [-0.05, 0) is 35.9 Å². The summed E-state index contributed by atoms with van der Waals surface area (Å²) in [6.07, 6.45) is 2.94. The van der Waals surface area contributed by atoms with Crippen molar-refractivity contribution in [3.8, 4) is 21.8 Å². The molecule has 3 N–H and O–H groups in total. The van der Waals surface area contributed by atoms with Crippen LogP contribution in [0.1, 0.15) is 10.4 Å². The van der Waals surface area contributed by atoms with Crippen molar-refractivity contribution in [1.82, 2.24) is 15.2 Å². The first-order chi connectivity index (χ1) is 10.3. The molecule has 0 atom stereocenters. The number of pyridine rings is 1. The quantitative estimate of drug-likeness (QED) is 0.759. The fourth-order valence-corrected chi connectivity index (χ4v) is 4.95. The predicted molar refractivity (Wildman–Crippen MR) is 89.4 cm³/mol. The van der Waals surface area contributed by atoms with E-state index in [1.165, 1.54) is 21.1 Å². The highest BCUT2D eigenvalue weighted by molar-refractivity contribution is 7.98. The molecule has 0 aromatic carbocycles. The van der Waals surface area contributed by atoms with Crippen LogP contribution >= 0.6 is 23.1 Å². The zero-order chi connectivity index (χ0) is 14.2. The first-order valence-electron chi connectivity index (χ1n) is 6.78. The van der Waals surface area contributed by atoms with Gasteiger partial charge in [0.15, 0.2) is 5.82 Å². The van der Waals surface area contributed by atoms with Crippen molar-refractivity contribution in [3.63, 3.8) is 0 Å². The van der Waals surface area contributed by atoms with E-state index >= 15 is 0 Å². The second-order valence-corrected chi connectivity index (χ2v) is 7.18. The zero-order valence-electron chi connectivity index (χ0n) is 11.3. The molecule has 6 heteroatoms. The Kier molecular flexibility index (Phi) is 3.20. The van der Waals surface area contributed by atoms with Gasteiger partial charge in [-0.25, -0.2) is 0 Å². The highest BCUT2D eigenvalue weighted by Crippen LogP contribution is 2.41. The number of nitrogens with one attached hydrogen (secondary N) is 1. The van der Waals surface area contributed by atoms with Crippen LogP contribution in [0.25, 0.3) is 21.8 Å². The molecule has 0 amide bonds. The molecule has 0 radical (unpaired) electrons. The van der Waals surface area contributed by atoms with Crippen molar-refractivity contribution >= 4 is 28.9 Å². The molecule has 4 heterocycles. The molecule has 0 unspecified atom stereocenters. The smallest absolute Gasteiger partial charge is 0.155 e. The predicted octanol–water partition coefficient (Wildman–Crippen LogP) is 3.57. The Bertz CT molecular complexity index is 753. The van der Waals surface area contributed by atoms with E-state index in [1.54, 1.807) is 6.20 Å². The lowest BCUT2D eigenvalue weighted by atomic mass is 10.1. The van der Waals surface area contributed by atoms with Crippen LogP contribution in [-0.2, 0) is 12.2 Å². The summed E-state index contributed by atoms with van der Waals surface area (Å²) in [7, 11) is 0. The van der Waals surface area contributed by atoms with Crippen LogP contribution in [0, 0.1) is 0 Å². The van der Waals surface area contributed by atoms with E-state index < -0.39 is 0 Å². The van der Waals surface area contributed by atoms with Crippen LogP contribution in [0.15, 0.2) is 30.5 Å². The SMILES string of the molecule is Nc1n[nH]c(-c2cc3c(s2)CCSC3)c1-c1ccccn1. The monoisotopic (exact) mass is 314 g/mol. The molecule has 3 aromatic rings. The van der Waals surface area contributed by atoms with Gasteiger partial charge in [-0.1, -0.05) is 6.07 Å². The van der Waals surface area contributed by atoms with Gasteiger partial charge >= 0.3 is 0 Å². The number of anilines is 1. The van der Waals surface area contributed by atoms with Crippen LogP contribution in [0.3, 0.4) is 0 Å². The Balaban J connectivity index is 1.85. The Morgan fingerprint density at radius 2 is 2.24 bits per heavy atom. The summed E-state index contributed by atoms with van der Waals surface area (Å²) in [5.41, 5.74) is 10.2. The van der Waals surface area contributed by atoms with E-state index in [-0.39, 0.29) is 0 Å². The molecule has 1 aliphatic heterocycles. The fourth-order valence-electron chi connectivity index (χ4n) is 2.57. The second kappa shape index (κ2) is 5.20. The summed E-state index contributed by atoms with van der Waals surface area (Å²) in [5, 5.41) is 7.28. The maximum absolute atomic E-state index is 6.05. The second-order valence-electron chi connectivity index (χ2n) is 4.94. The molecule has 0 saturated carbocycles. The number of nitrogens with zero attached hydrogens (tertiary/aromatic N) is 2. The van der Waals surface area contributed by atoms with Crippen LogP contribution in [0.2, 0.25) is 0 Å². The number of rotatable bonds is 2. The topological polar surface area (TPSA) is 67.6 Å². The first kappa shape index (κ1) is 12.9. The Morgan fingerprint density at radius 1 is 1.29 bits per heavy atom. The van der Waals surface area contributed by atoms with Gasteiger partial charge in [-0.2, -0.15) is 16.9 Å². The lowest BCUT2D eigenvalue weighted by Crippen LogP contribution is -1.96. The number of thiophene rings is 1. The van der Waals surface area contributed by atoms with E-state index in [4.69, 9.17) is 5.73 Å². The third-order valence-corrected chi connectivity index (χ3v) is 5.85. The highest BCUT2D eigenvalue weighted by atomic mass is 32.2. The lowest BCUT2D eigenvalue weighted by molar-refractivity contribution is 1.10. The molecule has 0 saturated heterocycles. The maximum atomic E-state index is 6.05. The number of hydrogen-bond acceptors (Lipinski definition) is 5. The van der Waals surface area contributed by atoms with Crippen molar-refractivity contribution in [2.75, 3.05) is 11.5 Å². The van der Waals surface area contributed by atoms with Crippen LogP contribution < -0.4 is 5.73 Å². The Labute approximate surface area is 130 Å². The zero-order valence-corrected chi connectivity index (χ0v) is 12.9. The number of nitrogen functional groups attached to an aromatic ring is 1. The van der Waals surface area contributed by atoms with E-state index in [0.717, 1.165) is 29.1 Å². The van der Waals surface area contributed by atoms with E-state index in [0.29, 0.717) is 5.82 Å². The minimum atomic E-state index is 0.504. The molecule has 0 fully saturated rings. The molecule has 0 spiro atoms. The standard InChI is InChI=1S/C15H14N4S2/c16-15-13(10-3-1-2-5-17-10)14(18-19-15)12-7-9-8-20-6-4-11(9)21-12/h1-3,5,7H,4,6,8H2,(H3,16,18,19). The first-order valence-corrected chi connectivity index (χ1v) is 8.75. The van der Waals surface area contributed by atoms with Crippen molar-refractivity contribution < 1.29 is 0 Å². The van der Waals surface area contributed by atoms with Gasteiger partial charge in [0, 0.05) is 16.8 Å². The van der Waals surface area contributed by atoms with Crippen LogP contribution in [0.5, 0.6) is 0 Å². The third-order valence-electron chi connectivity index (χ3n) is 3.59. The van der Waals surface area contributed by atoms with Gasteiger partial charge in [-0.3, -0.25) is 10.1 Å². The Hall–Kier alpha value is -1.79. The number of nitrogens with two attached hydrogens (primary N) is 1. The summed E-state index contributed by atoms with van der Waals surface area (Å²) < 4.78 is 0. The Morgan fingerprint density at radius 3 is 3.05 bits per heavy atom. The number of hydrogen-bond donors (Lipinski definition) is 2. The largest absolute Gasteiger partial charge is 0.382 e. The number of thioether (sulfide) groups is 1. The molecule has 4 rings (SSSR count). The van der Waals surface area contributed by atoms with Gasteiger partial charge in [0.2, 0.25) is 0 Å². The van der Waals surface area contributed by atoms with Crippen LogP contribution in [-0.4, -0.2) is 20.9 Å². The van der Waals surface area contributed by atoms with Gasteiger partial charge in [-0.15, -0.1) is 11.3 Å². The lowest BCUT2D eigenvalue weighted by Gasteiger charge is -2.08. The van der Waals surface area contributed by atoms with E-state index in [2.05, 4.69) is 21.2 Å². The minimum Gasteiger partial charge on any atom is -0.382 e. The van der Waals surface area contributed by atoms with Crippen molar-refractivity contribution in [2.24, 2.45) is 0 Å². The average Bonchev–Trinajstić information content (AvgIpc) is 3.11. The molecular weight excluding hydrogens is 300 g/mol. The molecule has 106 valence electrons. The third kappa shape index (κ3) is 2.24. The summed E-state index contributed by atoms with van der Waals surface area (Å²) in [6.45, 7) is 0. The number of aromatic nitrogens is 3. The summed E-state index contributed by atoms with van der Waals surface area (Å²) in [6, 6.07) is 8.11. The molecular formula is C15H14N4S2. The normalized spacial score (nSPS) is 14.1. The average molecular weight is 314 g/mol. The summed E-state index contributed by atoms with van der Waals surface area (Å²) >= 11 is 3.84. The van der Waals surface area contributed by atoms with Crippen LogP contribution in [0.4, 0.5) is 5.82 Å². The number of fused-ring (bicyclic) bond motifs is 1. The number of aromatic amines is 1. The molecule has 1 aliphatic rings. The minimum absolute atomic E-state index is 0.504. The van der Waals surface area contributed by atoms with E-state index in [1.807, 2.05) is 41.3 Å². The molecule has 4 nitrogen and oxygen atoms in total. The molecule has 0 aliphatic carbocycles. The maximum Gasteiger partial charge on any atom is 0.155 e. The number of aryl methyl sites for hydroxylation is 1. The van der Waals surface area contributed by atoms with Gasteiger partial charge < -0.3 is 5.73 Å². The molecule has 0 bridgehead atoms.